The lowest BCUT2D eigenvalue weighted by Crippen LogP contribution is -1.77. The average Bonchev–Trinajstić information content (AvgIpc) is 2.56. The highest BCUT2D eigenvalue weighted by Crippen LogP contribution is 2.24. The zero-order valence-electron chi connectivity index (χ0n) is 6.20. The second-order valence-electron chi connectivity index (χ2n) is 2.34. The summed E-state index contributed by atoms with van der Waals surface area (Å²) in [6.45, 7) is 0. The van der Waals surface area contributed by atoms with Gasteiger partial charge in [-0.25, -0.2) is 0 Å². The summed E-state index contributed by atoms with van der Waals surface area (Å²) in [4.78, 5) is 5.47. The van der Waals surface area contributed by atoms with Gasteiger partial charge >= 0.3 is 0 Å². The molecular weight excluding hydrogens is 234 g/mol. The number of halogens is 1. The topological polar surface area (TPSA) is 12.9 Å². The molecule has 0 radical (unpaired) electrons. The molecule has 60 valence electrons. The Morgan fingerprint density at radius 2 is 2.25 bits per heavy atom. The van der Waals surface area contributed by atoms with Crippen LogP contribution in [-0.4, -0.2) is 4.98 Å². The Morgan fingerprint density at radius 1 is 1.33 bits per heavy atom. The van der Waals surface area contributed by atoms with Crippen LogP contribution in [0, 0.1) is 0 Å². The molecule has 0 atom stereocenters. The van der Waals surface area contributed by atoms with E-state index >= 15 is 0 Å². The van der Waals surface area contributed by atoms with Crippen LogP contribution in [0.4, 0.5) is 0 Å². The normalized spacial score (nSPS) is 10.1. The first-order valence-corrected chi connectivity index (χ1v) is 5.19. The number of hydrogen-bond donors (Lipinski definition) is 0. The number of nitrogens with zero attached hydrogens (tertiary/aromatic N) is 1. The van der Waals surface area contributed by atoms with Crippen molar-refractivity contribution >= 4 is 27.3 Å². The molecule has 0 saturated heterocycles. The van der Waals surface area contributed by atoms with Gasteiger partial charge in [-0.2, -0.15) is 0 Å². The maximum atomic E-state index is 4.26. The molecule has 0 saturated carbocycles. The van der Waals surface area contributed by atoms with Crippen molar-refractivity contribution in [3.8, 4) is 10.6 Å². The molecule has 1 nitrogen and oxygen atoms in total. The van der Waals surface area contributed by atoms with Crippen molar-refractivity contribution < 1.29 is 0 Å². The van der Waals surface area contributed by atoms with Gasteiger partial charge in [0, 0.05) is 10.7 Å². The zero-order chi connectivity index (χ0) is 8.39. The molecule has 2 aromatic rings. The molecule has 0 bridgehead atoms. The molecule has 12 heavy (non-hydrogen) atoms. The van der Waals surface area contributed by atoms with E-state index in [4.69, 9.17) is 0 Å². The predicted molar refractivity (Wildman–Crippen MR) is 55.3 cm³/mol. The van der Waals surface area contributed by atoms with Gasteiger partial charge in [0.25, 0.3) is 0 Å². The number of pyridine rings is 1. The molecule has 2 heterocycles. The first-order chi connectivity index (χ1) is 5.86. The molecule has 0 fully saturated rings. The third-order valence-corrected chi connectivity index (χ3v) is 2.88. The van der Waals surface area contributed by atoms with Crippen molar-refractivity contribution in [1.82, 2.24) is 4.98 Å². The van der Waals surface area contributed by atoms with Gasteiger partial charge in [-0.1, -0.05) is 22.0 Å². The fourth-order valence-corrected chi connectivity index (χ4v) is 1.99. The van der Waals surface area contributed by atoms with Crippen LogP contribution in [0.15, 0.2) is 40.3 Å². The van der Waals surface area contributed by atoms with E-state index in [0.717, 1.165) is 10.2 Å². The van der Waals surface area contributed by atoms with Gasteiger partial charge in [0.05, 0.1) is 10.6 Å². The Labute approximate surface area is 83.2 Å². The van der Waals surface area contributed by atoms with Crippen molar-refractivity contribution in [2.45, 2.75) is 0 Å². The average molecular weight is 240 g/mol. The van der Waals surface area contributed by atoms with E-state index in [1.165, 1.54) is 4.88 Å². The predicted octanol–water partition coefficient (Wildman–Crippen LogP) is 3.57. The van der Waals surface area contributed by atoms with Crippen molar-refractivity contribution in [2.75, 3.05) is 0 Å². The minimum absolute atomic E-state index is 1.03. The van der Waals surface area contributed by atoms with Crippen LogP contribution >= 0.6 is 27.3 Å². The number of rotatable bonds is 1. The van der Waals surface area contributed by atoms with Crippen LogP contribution in [0.3, 0.4) is 0 Å². The van der Waals surface area contributed by atoms with Crippen molar-refractivity contribution in [3.05, 3.63) is 40.3 Å². The number of aromatic nitrogens is 1. The highest BCUT2D eigenvalue weighted by molar-refractivity contribution is 9.10. The minimum atomic E-state index is 1.03. The van der Waals surface area contributed by atoms with Crippen LogP contribution in [0.25, 0.3) is 10.6 Å². The molecule has 0 amide bonds. The number of hydrogen-bond acceptors (Lipinski definition) is 2. The van der Waals surface area contributed by atoms with Gasteiger partial charge in [0.2, 0.25) is 0 Å². The first kappa shape index (κ1) is 7.95. The fraction of sp³-hybridized carbons (Fsp3) is 0. The molecule has 0 aliphatic carbocycles. The SMILES string of the molecule is Brc1ccnc(-c2cccs2)c1. The van der Waals surface area contributed by atoms with E-state index in [1.54, 1.807) is 17.5 Å². The highest BCUT2D eigenvalue weighted by Gasteiger charge is 1.98. The van der Waals surface area contributed by atoms with E-state index in [2.05, 4.69) is 32.4 Å². The summed E-state index contributed by atoms with van der Waals surface area (Å²) in [5.41, 5.74) is 1.03. The zero-order valence-corrected chi connectivity index (χ0v) is 8.60. The minimum Gasteiger partial charge on any atom is -0.255 e. The third kappa shape index (κ3) is 1.57. The van der Waals surface area contributed by atoms with E-state index in [1.807, 2.05) is 18.2 Å². The smallest absolute Gasteiger partial charge is 0.0812 e. The van der Waals surface area contributed by atoms with Crippen molar-refractivity contribution in [3.63, 3.8) is 0 Å². The van der Waals surface area contributed by atoms with Gasteiger partial charge in [-0.15, -0.1) is 11.3 Å². The van der Waals surface area contributed by atoms with Crippen molar-refractivity contribution in [2.24, 2.45) is 0 Å². The molecule has 3 heteroatoms. The van der Waals surface area contributed by atoms with Crippen molar-refractivity contribution in [1.29, 1.82) is 0 Å². The van der Waals surface area contributed by atoms with Gasteiger partial charge in [0.15, 0.2) is 0 Å². The van der Waals surface area contributed by atoms with Crippen LogP contribution in [0.1, 0.15) is 0 Å². The first-order valence-electron chi connectivity index (χ1n) is 3.52. The number of thiophene rings is 1. The molecule has 0 spiro atoms. The lowest BCUT2D eigenvalue weighted by Gasteiger charge is -1.95. The lowest BCUT2D eigenvalue weighted by molar-refractivity contribution is 1.33. The maximum absolute atomic E-state index is 4.26. The Hall–Kier alpha value is -0.670. The third-order valence-electron chi connectivity index (χ3n) is 1.50. The largest absolute Gasteiger partial charge is 0.255 e. The van der Waals surface area contributed by atoms with E-state index in [9.17, 15) is 0 Å². The molecular formula is C9H6BrNS. The Kier molecular flexibility index (Phi) is 2.23. The molecule has 0 aliphatic rings. The molecule has 0 aliphatic heterocycles. The van der Waals surface area contributed by atoms with E-state index in [0.29, 0.717) is 0 Å². The van der Waals surface area contributed by atoms with Gasteiger partial charge in [-0.05, 0) is 23.6 Å². The molecule has 2 aromatic heterocycles. The maximum Gasteiger partial charge on any atom is 0.0812 e. The fourth-order valence-electron chi connectivity index (χ4n) is 0.964. The van der Waals surface area contributed by atoms with Crippen LogP contribution in [0.2, 0.25) is 0 Å². The summed E-state index contributed by atoms with van der Waals surface area (Å²) in [7, 11) is 0. The second kappa shape index (κ2) is 3.37. The highest BCUT2D eigenvalue weighted by atomic mass is 79.9. The Bertz CT molecular complexity index is 370. The monoisotopic (exact) mass is 239 g/mol. The standard InChI is InChI=1S/C9H6BrNS/c10-7-3-4-11-8(6-7)9-2-1-5-12-9/h1-6H. The summed E-state index contributed by atoms with van der Waals surface area (Å²) in [6, 6.07) is 8.05. The lowest BCUT2D eigenvalue weighted by atomic mass is 10.3. The van der Waals surface area contributed by atoms with E-state index in [-0.39, 0.29) is 0 Å². The second-order valence-corrected chi connectivity index (χ2v) is 4.20. The van der Waals surface area contributed by atoms with Gasteiger partial charge < -0.3 is 0 Å². The van der Waals surface area contributed by atoms with Gasteiger partial charge in [-0.3, -0.25) is 4.98 Å². The van der Waals surface area contributed by atoms with Crippen LogP contribution in [-0.2, 0) is 0 Å². The summed E-state index contributed by atoms with van der Waals surface area (Å²) >= 11 is 5.11. The van der Waals surface area contributed by atoms with E-state index < -0.39 is 0 Å². The summed E-state index contributed by atoms with van der Waals surface area (Å²) in [5.74, 6) is 0. The molecule has 0 unspecified atom stereocenters. The quantitative estimate of drug-likeness (QED) is 0.742. The Balaban J connectivity index is 2.48. The Morgan fingerprint density at radius 3 is 2.92 bits per heavy atom. The van der Waals surface area contributed by atoms with Gasteiger partial charge in [0.1, 0.15) is 0 Å². The van der Waals surface area contributed by atoms with Crippen LogP contribution < -0.4 is 0 Å². The summed E-state index contributed by atoms with van der Waals surface area (Å²) in [5, 5.41) is 2.05. The summed E-state index contributed by atoms with van der Waals surface area (Å²) < 4.78 is 1.07. The van der Waals surface area contributed by atoms with Crippen LogP contribution in [0.5, 0.6) is 0 Å². The molecule has 2 rings (SSSR count). The molecule has 0 N–H and O–H groups in total. The molecule has 0 aromatic carbocycles. The summed E-state index contributed by atoms with van der Waals surface area (Å²) in [6.07, 6.45) is 1.80.